The third-order valence-electron chi connectivity index (χ3n) is 2.37. The Hall–Kier alpha value is -0.210. The maximum Gasteiger partial charge on any atom is 0.214 e. The molecule has 0 aliphatic carbocycles. The van der Waals surface area contributed by atoms with Crippen LogP contribution in [0.1, 0.15) is 6.42 Å². The van der Waals surface area contributed by atoms with Crippen molar-refractivity contribution in [2.75, 3.05) is 32.6 Å². The molecule has 2 atom stereocenters. The molecule has 0 aromatic carbocycles. The summed E-state index contributed by atoms with van der Waals surface area (Å²) in [6.07, 6.45) is -1.52. The fraction of sp³-hybridized carbons (Fsp3) is 1.00. The van der Waals surface area contributed by atoms with E-state index in [4.69, 9.17) is 4.74 Å². The standard InChI is InChI=1S/C8H17NO5S/c1-14-3-2-4-15(12,13)9-5-7(10)8(11)6-9/h7-8,10-11H,2-6H2,1H3. The van der Waals surface area contributed by atoms with Crippen molar-refractivity contribution in [3.8, 4) is 0 Å². The molecule has 1 aliphatic heterocycles. The lowest BCUT2D eigenvalue weighted by molar-refractivity contribution is 0.0572. The first-order chi connectivity index (χ1) is 6.97. The van der Waals surface area contributed by atoms with Crippen LogP contribution in [0.3, 0.4) is 0 Å². The molecule has 6 nitrogen and oxygen atoms in total. The van der Waals surface area contributed by atoms with Gasteiger partial charge in [0.25, 0.3) is 0 Å². The maximum atomic E-state index is 11.6. The second-order valence-corrected chi connectivity index (χ2v) is 5.70. The summed E-state index contributed by atoms with van der Waals surface area (Å²) in [5.41, 5.74) is 0. The van der Waals surface area contributed by atoms with E-state index >= 15 is 0 Å². The van der Waals surface area contributed by atoms with Gasteiger partial charge in [-0.15, -0.1) is 0 Å². The molecule has 1 aliphatic rings. The summed E-state index contributed by atoms with van der Waals surface area (Å²) in [6, 6.07) is 0. The summed E-state index contributed by atoms with van der Waals surface area (Å²) < 4.78 is 29.2. The smallest absolute Gasteiger partial charge is 0.214 e. The van der Waals surface area contributed by atoms with Crippen LogP contribution in [0.15, 0.2) is 0 Å². The number of nitrogens with zero attached hydrogens (tertiary/aromatic N) is 1. The predicted octanol–water partition coefficient (Wildman–Crippen LogP) is -1.61. The van der Waals surface area contributed by atoms with Gasteiger partial charge < -0.3 is 14.9 Å². The van der Waals surface area contributed by atoms with E-state index in [1.54, 1.807) is 0 Å². The van der Waals surface area contributed by atoms with E-state index in [1.807, 2.05) is 0 Å². The molecule has 2 unspecified atom stereocenters. The highest BCUT2D eigenvalue weighted by atomic mass is 32.2. The van der Waals surface area contributed by atoms with Gasteiger partial charge >= 0.3 is 0 Å². The Kier molecular flexibility index (Phi) is 4.47. The van der Waals surface area contributed by atoms with Crippen molar-refractivity contribution in [3.63, 3.8) is 0 Å². The number of β-amino-alcohol motifs (C(OH)–C–C–N with tert-alkyl or cyclic N) is 2. The minimum Gasteiger partial charge on any atom is -0.389 e. The number of sulfonamides is 1. The average Bonchev–Trinajstić information content (AvgIpc) is 2.48. The molecule has 1 rings (SSSR count). The van der Waals surface area contributed by atoms with Gasteiger partial charge in [0.05, 0.1) is 18.0 Å². The van der Waals surface area contributed by atoms with Crippen molar-refractivity contribution in [1.29, 1.82) is 0 Å². The molecule has 0 aromatic rings. The van der Waals surface area contributed by atoms with Gasteiger partial charge in [0, 0.05) is 26.8 Å². The van der Waals surface area contributed by atoms with E-state index in [-0.39, 0.29) is 18.8 Å². The van der Waals surface area contributed by atoms with Crippen LogP contribution in [-0.2, 0) is 14.8 Å². The minimum absolute atomic E-state index is 0.0136. The summed E-state index contributed by atoms with van der Waals surface area (Å²) >= 11 is 0. The zero-order chi connectivity index (χ0) is 11.5. The summed E-state index contributed by atoms with van der Waals surface area (Å²) in [4.78, 5) is 0. The van der Waals surface area contributed by atoms with E-state index in [2.05, 4.69) is 0 Å². The molecule has 2 N–H and O–H groups in total. The molecule has 0 bridgehead atoms. The highest BCUT2D eigenvalue weighted by Gasteiger charge is 2.36. The summed E-state index contributed by atoms with van der Waals surface area (Å²) in [7, 11) is -1.85. The fourth-order valence-electron chi connectivity index (χ4n) is 1.48. The average molecular weight is 239 g/mol. The number of methoxy groups -OCH3 is 1. The minimum atomic E-state index is -3.36. The van der Waals surface area contributed by atoms with Crippen molar-refractivity contribution < 1.29 is 23.4 Å². The molecule has 15 heavy (non-hydrogen) atoms. The topological polar surface area (TPSA) is 87.1 Å². The number of aliphatic hydroxyl groups excluding tert-OH is 2. The zero-order valence-electron chi connectivity index (χ0n) is 8.66. The Morgan fingerprint density at radius 1 is 1.33 bits per heavy atom. The van der Waals surface area contributed by atoms with E-state index in [9.17, 15) is 18.6 Å². The van der Waals surface area contributed by atoms with Crippen LogP contribution in [0.2, 0.25) is 0 Å². The molecule has 0 aromatic heterocycles. The molecule has 90 valence electrons. The lowest BCUT2D eigenvalue weighted by Crippen LogP contribution is -2.32. The Morgan fingerprint density at radius 3 is 2.33 bits per heavy atom. The van der Waals surface area contributed by atoms with Crippen LogP contribution >= 0.6 is 0 Å². The maximum absolute atomic E-state index is 11.6. The van der Waals surface area contributed by atoms with E-state index < -0.39 is 22.2 Å². The lowest BCUT2D eigenvalue weighted by atomic mass is 10.3. The van der Waals surface area contributed by atoms with Gasteiger partial charge in [0.2, 0.25) is 10.0 Å². The van der Waals surface area contributed by atoms with Crippen molar-refractivity contribution in [1.82, 2.24) is 4.31 Å². The van der Waals surface area contributed by atoms with Crippen LogP contribution in [-0.4, -0.2) is 67.7 Å². The summed E-state index contributed by atoms with van der Waals surface area (Å²) in [5.74, 6) is -0.0136. The van der Waals surface area contributed by atoms with Crippen molar-refractivity contribution in [3.05, 3.63) is 0 Å². The second-order valence-electron chi connectivity index (χ2n) is 3.61. The van der Waals surface area contributed by atoms with Crippen LogP contribution in [0.4, 0.5) is 0 Å². The third kappa shape index (κ3) is 3.39. The Morgan fingerprint density at radius 2 is 1.87 bits per heavy atom. The monoisotopic (exact) mass is 239 g/mol. The molecule has 1 fully saturated rings. The number of rotatable bonds is 5. The van der Waals surface area contributed by atoms with Gasteiger partial charge in [-0.25, -0.2) is 8.42 Å². The van der Waals surface area contributed by atoms with Crippen LogP contribution in [0.5, 0.6) is 0 Å². The molecular formula is C8H17NO5S. The second kappa shape index (κ2) is 5.22. The first kappa shape index (κ1) is 12.9. The third-order valence-corrected chi connectivity index (χ3v) is 4.26. The van der Waals surface area contributed by atoms with Gasteiger partial charge in [-0.05, 0) is 6.42 Å². The highest BCUT2D eigenvalue weighted by Crippen LogP contribution is 2.15. The van der Waals surface area contributed by atoms with E-state index in [0.717, 1.165) is 4.31 Å². The van der Waals surface area contributed by atoms with Crippen molar-refractivity contribution in [2.45, 2.75) is 18.6 Å². The van der Waals surface area contributed by atoms with Crippen LogP contribution in [0, 0.1) is 0 Å². The predicted molar refractivity (Wildman–Crippen MR) is 53.9 cm³/mol. The van der Waals surface area contributed by atoms with Gasteiger partial charge in [-0.3, -0.25) is 0 Å². The zero-order valence-corrected chi connectivity index (χ0v) is 9.48. The molecule has 7 heteroatoms. The molecule has 1 heterocycles. The van der Waals surface area contributed by atoms with Crippen LogP contribution < -0.4 is 0 Å². The van der Waals surface area contributed by atoms with E-state index in [1.165, 1.54) is 7.11 Å². The largest absolute Gasteiger partial charge is 0.389 e. The summed E-state index contributed by atoms with van der Waals surface area (Å²) in [6.45, 7) is 0.352. The first-order valence-corrected chi connectivity index (χ1v) is 6.41. The van der Waals surface area contributed by atoms with Crippen LogP contribution in [0.25, 0.3) is 0 Å². The van der Waals surface area contributed by atoms with Crippen molar-refractivity contribution in [2.24, 2.45) is 0 Å². The lowest BCUT2D eigenvalue weighted by Gasteiger charge is -2.14. The van der Waals surface area contributed by atoms with Gasteiger partial charge in [0.1, 0.15) is 0 Å². The molecular weight excluding hydrogens is 222 g/mol. The summed E-state index contributed by atoms with van der Waals surface area (Å²) in [5, 5.41) is 18.4. The van der Waals surface area contributed by atoms with Gasteiger partial charge in [-0.2, -0.15) is 4.31 Å². The SMILES string of the molecule is COCCCS(=O)(=O)N1CC(O)C(O)C1. The molecule has 0 spiro atoms. The van der Waals surface area contributed by atoms with Gasteiger partial charge in [0.15, 0.2) is 0 Å². The Balaban J connectivity index is 2.48. The highest BCUT2D eigenvalue weighted by molar-refractivity contribution is 7.89. The normalized spacial score (nSPS) is 28.5. The number of hydrogen-bond acceptors (Lipinski definition) is 5. The molecule has 1 saturated heterocycles. The Bertz CT molecular complexity index is 281. The number of aliphatic hydroxyl groups is 2. The molecule has 0 amide bonds. The van der Waals surface area contributed by atoms with Crippen molar-refractivity contribution >= 4 is 10.0 Å². The Labute approximate surface area is 89.5 Å². The molecule has 0 radical (unpaired) electrons. The number of ether oxygens (including phenoxy) is 1. The van der Waals surface area contributed by atoms with Gasteiger partial charge in [-0.1, -0.05) is 0 Å². The van der Waals surface area contributed by atoms with E-state index in [0.29, 0.717) is 13.0 Å². The number of hydrogen-bond donors (Lipinski definition) is 2. The fourth-order valence-corrected chi connectivity index (χ4v) is 2.98. The molecule has 0 saturated carbocycles. The quantitative estimate of drug-likeness (QED) is 0.564. The first-order valence-electron chi connectivity index (χ1n) is 4.80.